The van der Waals surface area contributed by atoms with Crippen LogP contribution in [0.4, 0.5) is 0 Å². The molecule has 1 N–H and O–H groups in total. The summed E-state index contributed by atoms with van der Waals surface area (Å²) in [6.07, 6.45) is 11.7. The van der Waals surface area contributed by atoms with Crippen LogP contribution in [0, 0.1) is 0 Å². The molecule has 140 valence electrons. The Balaban J connectivity index is 2.16. The number of rotatable bonds is 12. The first-order valence-electron chi connectivity index (χ1n) is 9.33. The number of benzene rings is 1. The van der Waals surface area contributed by atoms with Crippen molar-refractivity contribution in [3.8, 4) is 0 Å². The molecule has 1 aromatic rings. The molecule has 0 unspecified atom stereocenters. The molecule has 0 aliphatic rings. The zero-order chi connectivity index (χ0) is 18.5. The van der Waals surface area contributed by atoms with E-state index >= 15 is 0 Å². The SMILES string of the molecule is CCCCCCCCCCCC(=O)NN=C(C)c1ccc(Cl)c(Cl)c1. The minimum atomic E-state index is -0.0395. The van der Waals surface area contributed by atoms with Gasteiger partial charge < -0.3 is 0 Å². The molecule has 1 amide bonds. The van der Waals surface area contributed by atoms with E-state index in [2.05, 4.69) is 17.5 Å². The standard InChI is InChI=1S/C20H30Cl2N2O/c1-3-4-5-6-7-8-9-10-11-12-20(25)24-23-16(2)17-13-14-18(21)19(22)15-17/h13-15H,3-12H2,1-2H3,(H,24,25). The Kier molecular flexibility index (Phi) is 11.6. The number of unbranched alkanes of at least 4 members (excludes halogenated alkanes) is 8. The molecule has 0 saturated heterocycles. The Morgan fingerprint density at radius 3 is 2.16 bits per heavy atom. The van der Waals surface area contributed by atoms with Crippen molar-refractivity contribution < 1.29 is 4.79 Å². The van der Waals surface area contributed by atoms with E-state index in [1.54, 1.807) is 12.1 Å². The van der Waals surface area contributed by atoms with Gasteiger partial charge in [0.2, 0.25) is 5.91 Å². The summed E-state index contributed by atoms with van der Waals surface area (Å²) in [5, 5.41) is 5.13. The van der Waals surface area contributed by atoms with Crippen LogP contribution in [0.2, 0.25) is 10.0 Å². The van der Waals surface area contributed by atoms with Gasteiger partial charge in [-0.1, -0.05) is 87.6 Å². The Labute approximate surface area is 162 Å². The molecule has 1 aromatic carbocycles. The van der Waals surface area contributed by atoms with Gasteiger partial charge in [0.05, 0.1) is 15.8 Å². The highest BCUT2D eigenvalue weighted by Crippen LogP contribution is 2.22. The lowest BCUT2D eigenvalue weighted by Gasteiger charge is -2.05. The maximum absolute atomic E-state index is 11.8. The smallest absolute Gasteiger partial charge is 0.240 e. The molecule has 0 aromatic heterocycles. The number of carbonyl (C=O) groups is 1. The van der Waals surface area contributed by atoms with E-state index in [4.69, 9.17) is 23.2 Å². The largest absolute Gasteiger partial charge is 0.273 e. The first-order valence-corrected chi connectivity index (χ1v) is 10.1. The summed E-state index contributed by atoms with van der Waals surface area (Å²) < 4.78 is 0. The Morgan fingerprint density at radius 1 is 0.960 bits per heavy atom. The van der Waals surface area contributed by atoms with E-state index in [0.717, 1.165) is 18.4 Å². The predicted molar refractivity (Wildman–Crippen MR) is 109 cm³/mol. The summed E-state index contributed by atoms with van der Waals surface area (Å²) >= 11 is 11.9. The molecule has 0 atom stereocenters. The Bertz CT molecular complexity index is 559. The van der Waals surface area contributed by atoms with Gasteiger partial charge >= 0.3 is 0 Å². The minimum Gasteiger partial charge on any atom is -0.273 e. The van der Waals surface area contributed by atoms with Gasteiger partial charge in [0.15, 0.2) is 0 Å². The number of halogens is 2. The second-order valence-electron chi connectivity index (χ2n) is 6.44. The van der Waals surface area contributed by atoms with Gasteiger partial charge in [-0.3, -0.25) is 4.79 Å². The lowest BCUT2D eigenvalue weighted by molar-refractivity contribution is -0.121. The third-order valence-electron chi connectivity index (χ3n) is 4.19. The maximum Gasteiger partial charge on any atom is 0.240 e. The normalized spacial score (nSPS) is 11.6. The molecule has 0 fully saturated rings. The molecule has 25 heavy (non-hydrogen) atoms. The van der Waals surface area contributed by atoms with E-state index in [1.807, 2.05) is 13.0 Å². The molecule has 5 heteroatoms. The van der Waals surface area contributed by atoms with Crippen molar-refractivity contribution in [2.24, 2.45) is 5.10 Å². The lowest BCUT2D eigenvalue weighted by Crippen LogP contribution is -2.18. The zero-order valence-corrected chi connectivity index (χ0v) is 16.9. The fourth-order valence-corrected chi connectivity index (χ4v) is 2.88. The molecule has 0 radical (unpaired) electrons. The summed E-state index contributed by atoms with van der Waals surface area (Å²) in [6.45, 7) is 4.07. The molecule has 0 spiro atoms. The number of carbonyl (C=O) groups excluding carboxylic acids is 1. The van der Waals surface area contributed by atoms with E-state index in [0.29, 0.717) is 22.2 Å². The van der Waals surface area contributed by atoms with E-state index in [9.17, 15) is 4.79 Å². The maximum atomic E-state index is 11.8. The second kappa shape index (κ2) is 13.2. The van der Waals surface area contributed by atoms with Crippen LogP contribution in [0.15, 0.2) is 23.3 Å². The fourth-order valence-electron chi connectivity index (χ4n) is 2.58. The number of hydrogen-bond acceptors (Lipinski definition) is 2. The van der Waals surface area contributed by atoms with Crippen molar-refractivity contribution >= 4 is 34.8 Å². The summed E-state index contributed by atoms with van der Waals surface area (Å²) in [7, 11) is 0. The minimum absolute atomic E-state index is 0.0395. The van der Waals surface area contributed by atoms with Gasteiger partial charge in [0, 0.05) is 6.42 Å². The molecule has 1 rings (SSSR count). The summed E-state index contributed by atoms with van der Waals surface area (Å²) in [6, 6.07) is 5.30. The number of hydrogen-bond donors (Lipinski definition) is 1. The molecule has 0 bridgehead atoms. The van der Waals surface area contributed by atoms with E-state index < -0.39 is 0 Å². The van der Waals surface area contributed by atoms with Crippen molar-refractivity contribution in [1.82, 2.24) is 5.43 Å². The molecule has 0 saturated carbocycles. The molecule has 0 aliphatic carbocycles. The van der Waals surface area contributed by atoms with Crippen molar-refractivity contribution in [3.63, 3.8) is 0 Å². The molecular formula is C20H30Cl2N2O. The van der Waals surface area contributed by atoms with Gasteiger partial charge in [-0.15, -0.1) is 0 Å². The summed E-state index contributed by atoms with van der Waals surface area (Å²) in [5.74, 6) is -0.0395. The highest BCUT2D eigenvalue weighted by atomic mass is 35.5. The number of amides is 1. The Hall–Kier alpha value is -1.06. The number of nitrogens with zero attached hydrogens (tertiary/aromatic N) is 1. The monoisotopic (exact) mass is 384 g/mol. The molecule has 0 aliphatic heterocycles. The van der Waals surface area contributed by atoms with Gasteiger partial charge in [-0.2, -0.15) is 5.10 Å². The average Bonchev–Trinajstić information content (AvgIpc) is 2.60. The van der Waals surface area contributed by atoms with Crippen LogP contribution >= 0.6 is 23.2 Å². The molecule has 3 nitrogen and oxygen atoms in total. The van der Waals surface area contributed by atoms with Crippen LogP contribution in [0.1, 0.15) is 83.6 Å². The van der Waals surface area contributed by atoms with E-state index in [-0.39, 0.29) is 5.91 Å². The van der Waals surface area contributed by atoms with Crippen LogP contribution in [-0.4, -0.2) is 11.6 Å². The van der Waals surface area contributed by atoms with Crippen LogP contribution in [0.3, 0.4) is 0 Å². The van der Waals surface area contributed by atoms with Gasteiger partial charge in [0.25, 0.3) is 0 Å². The first kappa shape index (κ1) is 22.0. The topological polar surface area (TPSA) is 41.5 Å². The van der Waals surface area contributed by atoms with Crippen LogP contribution in [0.5, 0.6) is 0 Å². The fraction of sp³-hybridized carbons (Fsp3) is 0.600. The van der Waals surface area contributed by atoms with Crippen LogP contribution < -0.4 is 5.43 Å². The third-order valence-corrected chi connectivity index (χ3v) is 4.93. The van der Waals surface area contributed by atoms with Crippen LogP contribution in [0.25, 0.3) is 0 Å². The highest BCUT2D eigenvalue weighted by molar-refractivity contribution is 6.42. The predicted octanol–water partition coefficient (Wildman–Crippen LogP) is 6.75. The number of hydrazone groups is 1. The highest BCUT2D eigenvalue weighted by Gasteiger charge is 2.04. The lowest BCUT2D eigenvalue weighted by atomic mass is 10.1. The van der Waals surface area contributed by atoms with Crippen molar-refractivity contribution in [2.75, 3.05) is 0 Å². The Morgan fingerprint density at radius 2 is 1.56 bits per heavy atom. The van der Waals surface area contributed by atoms with Crippen molar-refractivity contribution in [3.05, 3.63) is 33.8 Å². The van der Waals surface area contributed by atoms with Crippen LogP contribution in [-0.2, 0) is 4.79 Å². The average molecular weight is 385 g/mol. The zero-order valence-electron chi connectivity index (χ0n) is 15.4. The summed E-state index contributed by atoms with van der Waals surface area (Å²) in [4.78, 5) is 11.8. The molecular weight excluding hydrogens is 355 g/mol. The van der Waals surface area contributed by atoms with Crippen molar-refractivity contribution in [2.45, 2.75) is 78.1 Å². The van der Waals surface area contributed by atoms with Gasteiger partial charge in [-0.05, 0) is 31.0 Å². The third kappa shape index (κ3) is 9.86. The summed E-state index contributed by atoms with van der Waals surface area (Å²) in [5.41, 5.74) is 4.17. The first-order chi connectivity index (χ1) is 12.0. The van der Waals surface area contributed by atoms with Gasteiger partial charge in [0.1, 0.15) is 0 Å². The van der Waals surface area contributed by atoms with E-state index in [1.165, 1.54) is 44.9 Å². The second-order valence-corrected chi connectivity index (χ2v) is 7.25. The van der Waals surface area contributed by atoms with Crippen molar-refractivity contribution in [1.29, 1.82) is 0 Å². The molecule has 0 heterocycles. The number of nitrogens with one attached hydrogen (secondary N) is 1. The quantitative estimate of drug-likeness (QED) is 0.241. The van der Waals surface area contributed by atoms with Gasteiger partial charge in [-0.25, -0.2) is 5.43 Å².